The minimum absolute atomic E-state index is 0.0212. The molecule has 2 N–H and O–H groups in total. The third-order valence-corrected chi connectivity index (χ3v) is 7.93. The van der Waals surface area contributed by atoms with Crippen LogP contribution >= 0.6 is 0 Å². The quantitative estimate of drug-likeness (QED) is 0.275. The van der Waals surface area contributed by atoms with Crippen LogP contribution in [0, 0.1) is 12.8 Å². The number of ether oxygens (including phenoxy) is 1. The molecule has 6 rings (SSSR count). The molecule has 10 heteroatoms. The Morgan fingerprint density at radius 1 is 0.930 bits per heavy atom. The average molecular weight is 579 g/mol. The second-order valence-electron chi connectivity index (χ2n) is 11.4. The third-order valence-electron chi connectivity index (χ3n) is 7.93. The number of hydrogen-bond acceptors (Lipinski definition) is 10. The topological polar surface area (TPSA) is 118 Å². The molecule has 2 aliphatic rings. The summed E-state index contributed by atoms with van der Waals surface area (Å²) in [5.74, 6) is 2.53. The summed E-state index contributed by atoms with van der Waals surface area (Å²) in [7, 11) is 0. The fraction of sp³-hybridized carbons (Fsp3) is 0.394. The maximum absolute atomic E-state index is 12.8. The maximum Gasteiger partial charge on any atom is 0.310 e. The van der Waals surface area contributed by atoms with Crippen molar-refractivity contribution in [3.05, 3.63) is 89.6 Å². The summed E-state index contributed by atoms with van der Waals surface area (Å²) in [5.41, 5.74) is 4.01. The number of benzene rings is 1. The summed E-state index contributed by atoms with van der Waals surface area (Å²) in [6.45, 7) is 6.39. The van der Waals surface area contributed by atoms with Crippen molar-refractivity contribution in [1.82, 2.24) is 35.1 Å². The van der Waals surface area contributed by atoms with E-state index in [4.69, 9.17) is 9.72 Å². The van der Waals surface area contributed by atoms with Gasteiger partial charge in [0.05, 0.1) is 5.92 Å². The Morgan fingerprint density at radius 2 is 1.70 bits per heavy atom. The number of hydrogen-bond donors (Lipinski definition) is 2. The zero-order valence-corrected chi connectivity index (χ0v) is 24.6. The number of nitrogens with one attached hydrogen (secondary N) is 2. The Balaban J connectivity index is 1.03. The standard InChI is InChI=1S/C33H38N8O2/c1-23-4-2-6-28(37-23)32-36-18-14-30(40-32)38-29-13-17-35-31(39-29)20-24-7-9-25(10-8-24)21-41-19-3-5-26(22-41)33(42)43-27-11-15-34-16-12-27/h2,4,6-10,13-14,17-18,26-27,34H,3,5,11-12,15-16,19-22H2,1H3,(H,35,36,38,39,40). The van der Waals surface area contributed by atoms with Gasteiger partial charge in [-0.05, 0) is 87.6 Å². The van der Waals surface area contributed by atoms with E-state index in [0.717, 1.165) is 81.2 Å². The number of likely N-dealkylation sites (tertiary alicyclic amines) is 1. The molecule has 2 saturated heterocycles. The van der Waals surface area contributed by atoms with E-state index < -0.39 is 0 Å². The Labute approximate surface area is 252 Å². The summed E-state index contributed by atoms with van der Waals surface area (Å²) in [6, 6.07) is 18.0. The minimum Gasteiger partial charge on any atom is -0.462 e. The zero-order chi connectivity index (χ0) is 29.4. The number of carbonyl (C=O) groups is 1. The first kappa shape index (κ1) is 28.8. The minimum atomic E-state index is -0.0333. The van der Waals surface area contributed by atoms with E-state index in [-0.39, 0.29) is 18.0 Å². The Bertz CT molecular complexity index is 1520. The van der Waals surface area contributed by atoms with E-state index >= 15 is 0 Å². The molecule has 0 radical (unpaired) electrons. The van der Waals surface area contributed by atoms with Gasteiger partial charge in [0.25, 0.3) is 0 Å². The fourth-order valence-electron chi connectivity index (χ4n) is 5.67. The number of pyridine rings is 1. The molecule has 0 saturated carbocycles. The van der Waals surface area contributed by atoms with E-state index in [1.807, 2.05) is 37.3 Å². The van der Waals surface area contributed by atoms with Gasteiger partial charge in [0.15, 0.2) is 5.82 Å². The van der Waals surface area contributed by atoms with Gasteiger partial charge in [0.2, 0.25) is 0 Å². The van der Waals surface area contributed by atoms with E-state index in [9.17, 15) is 4.79 Å². The van der Waals surface area contributed by atoms with Gasteiger partial charge >= 0.3 is 5.97 Å². The molecule has 1 aromatic carbocycles. The van der Waals surface area contributed by atoms with Crippen molar-refractivity contribution in [1.29, 1.82) is 0 Å². The first-order valence-corrected chi connectivity index (χ1v) is 15.1. The van der Waals surface area contributed by atoms with Gasteiger partial charge in [-0.1, -0.05) is 30.3 Å². The van der Waals surface area contributed by atoms with Crippen LogP contribution in [-0.2, 0) is 22.5 Å². The van der Waals surface area contributed by atoms with Crippen LogP contribution in [0.1, 0.15) is 48.3 Å². The molecule has 3 aromatic heterocycles. The molecule has 222 valence electrons. The molecule has 5 heterocycles. The fourth-order valence-corrected chi connectivity index (χ4v) is 5.67. The van der Waals surface area contributed by atoms with Crippen molar-refractivity contribution in [2.24, 2.45) is 5.92 Å². The number of esters is 1. The molecule has 43 heavy (non-hydrogen) atoms. The molecule has 0 bridgehead atoms. The van der Waals surface area contributed by atoms with Crippen LogP contribution in [0.2, 0.25) is 0 Å². The van der Waals surface area contributed by atoms with E-state index in [0.29, 0.717) is 23.9 Å². The largest absolute Gasteiger partial charge is 0.462 e. The molecule has 10 nitrogen and oxygen atoms in total. The third kappa shape index (κ3) is 7.97. The highest BCUT2D eigenvalue weighted by Crippen LogP contribution is 2.22. The molecule has 0 aliphatic carbocycles. The lowest BCUT2D eigenvalue weighted by Crippen LogP contribution is -2.41. The van der Waals surface area contributed by atoms with Crippen molar-refractivity contribution in [3.63, 3.8) is 0 Å². The summed E-state index contributed by atoms with van der Waals surface area (Å²) in [4.78, 5) is 37.9. The van der Waals surface area contributed by atoms with Crippen LogP contribution in [-0.4, -0.2) is 68.1 Å². The average Bonchev–Trinajstić information content (AvgIpc) is 3.03. The normalized spacial score (nSPS) is 17.8. The van der Waals surface area contributed by atoms with Crippen molar-refractivity contribution in [3.8, 4) is 11.5 Å². The highest BCUT2D eigenvalue weighted by Gasteiger charge is 2.29. The molecule has 2 aliphatic heterocycles. The molecule has 0 spiro atoms. The second kappa shape index (κ2) is 13.8. The molecule has 1 unspecified atom stereocenters. The summed E-state index contributed by atoms with van der Waals surface area (Å²) in [6.07, 6.45) is 7.91. The van der Waals surface area contributed by atoms with Gasteiger partial charge in [0.1, 0.15) is 29.3 Å². The number of anilines is 2. The predicted molar refractivity (Wildman–Crippen MR) is 165 cm³/mol. The Morgan fingerprint density at radius 3 is 2.51 bits per heavy atom. The van der Waals surface area contributed by atoms with E-state index in [1.54, 1.807) is 12.4 Å². The van der Waals surface area contributed by atoms with E-state index in [1.165, 1.54) is 5.56 Å². The van der Waals surface area contributed by atoms with Gasteiger partial charge in [-0.15, -0.1) is 0 Å². The molecular formula is C33H38N8O2. The highest BCUT2D eigenvalue weighted by molar-refractivity contribution is 5.73. The molecular weight excluding hydrogens is 540 g/mol. The number of piperidine rings is 2. The van der Waals surface area contributed by atoms with Gasteiger partial charge in [0, 0.05) is 37.6 Å². The summed E-state index contributed by atoms with van der Waals surface area (Å²) >= 11 is 0. The SMILES string of the molecule is Cc1cccc(-c2nccc(Nc3ccnc(Cc4ccc(CN5CCCC(C(=O)OC6CCNCC6)C5)cc4)n3)n2)n1. The summed E-state index contributed by atoms with van der Waals surface area (Å²) in [5, 5.41) is 6.60. The zero-order valence-electron chi connectivity index (χ0n) is 24.6. The predicted octanol–water partition coefficient (Wildman–Crippen LogP) is 4.48. The molecule has 4 aromatic rings. The van der Waals surface area contributed by atoms with Gasteiger partial charge in [-0.2, -0.15) is 0 Å². The number of aryl methyl sites for hydroxylation is 1. The maximum atomic E-state index is 12.8. The van der Waals surface area contributed by atoms with Crippen molar-refractivity contribution >= 4 is 17.6 Å². The lowest BCUT2D eigenvalue weighted by Gasteiger charge is -2.33. The Kier molecular flexibility index (Phi) is 9.25. The van der Waals surface area contributed by atoms with Gasteiger partial charge < -0.3 is 15.4 Å². The monoisotopic (exact) mass is 578 g/mol. The number of nitrogens with zero attached hydrogens (tertiary/aromatic N) is 6. The van der Waals surface area contributed by atoms with Crippen LogP contribution in [0.3, 0.4) is 0 Å². The first-order valence-electron chi connectivity index (χ1n) is 15.1. The number of aromatic nitrogens is 5. The van der Waals surface area contributed by atoms with Crippen molar-refractivity contribution < 1.29 is 9.53 Å². The van der Waals surface area contributed by atoms with E-state index in [2.05, 4.69) is 59.7 Å². The second-order valence-corrected chi connectivity index (χ2v) is 11.4. The first-order chi connectivity index (χ1) is 21.1. The van der Waals surface area contributed by atoms with Crippen molar-refractivity contribution in [2.75, 3.05) is 31.5 Å². The Hall–Kier alpha value is -4.28. The van der Waals surface area contributed by atoms with Crippen LogP contribution in [0.5, 0.6) is 0 Å². The molecule has 1 atom stereocenters. The van der Waals surface area contributed by atoms with Crippen molar-refractivity contribution in [2.45, 2.75) is 51.7 Å². The van der Waals surface area contributed by atoms with Crippen LogP contribution < -0.4 is 10.6 Å². The number of carbonyl (C=O) groups excluding carboxylic acids is 1. The van der Waals surface area contributed by atoms with Gasteiger partial charge in [-0.3, -0.25) is 9.69 Å². The lowest BCUT2D eigenvalue weighted by molar-refractivity contribution is -0.157. The van der Waals surface area contributed by atoms with Crippen LogP contribution in [0.25, 0.3) is 11.5 Å². The smallest absolute Gasteiger partial charge is 0.310 e. The molecule has 2 fully saturated rings. The molecule has 0 amide bonds. The van der Waals surface area contributed by atoms with Gasteiger partial charge in [-0.25, -0.2) is 24.9 Å². The summed E-state index contributed by atoms with van der Waals surface area (Å²) < 4.78 is 5.84. The number of rotatable bonds is 9. The lowest BCUT2D eigenvalue weighted by atomic mass is 9.97. The van der Waals surface area contributed by atoms with Crippen LogP contribution in [0.15, 0.2) is 67.0 Å². The highest BCUT2D eigenvalue weighted by atomic mass is 16.5. The van der Waals surface area contributed by atoms with Crippen LogP contribution in [0.4, 0.5) is 11.6 Å².